The number of hydrogen-bond donors (Lipinski definition) is 0. The van der Waals surface area contributed by atoms with Crippen LogP contribution in [0.25, 0.3) is 0 Å². The predicted molar refractivity (Wildman–Crippen MR) is 55.2 cm³/mol. The van der Waals surface area contributed by atoms with Crippen molar-refractivity contribution < 1.29 is 18.0 Å². The Labute approximate surface area is 96.7 Å². The minimum atomic E-state index is -4.58. The lowest BCUT2D eigenvalue weighted by atomic mass is 9.93. The van der Waals surface area contributed by atoms with E-state index in [1.165, 1.54) is 12.1 Å². The van der Waals surface area contributed by atoms with Gasteiger partial charge in [-0.3, -0.25) is 4.79 Å². The van der Waals surface area contributed by atoms with Gasteiger partial charge in [-0.25, -0.2) is 0 Å². The van der Waals surface area contributed by atoms with Crippen LogP contribution in [-0.4, -0.2) is 5.78 Å². The molecule has 0 radical (unpaired) electrons. The fourth-order valence-corrected chi connectivity index (χ4v) is 1.47. The van der Waals surface area contributed by atoms with Gasteiger partial charge in [0.15, 0.2) is 5.78 Å². The fourth-order valence-electron chi connectivity index (χ4n) is 1.47. The van der Waals surface area contributed by atoms with Crippen LogP contribution >= 0.6 is 0 Å². The second kappa shape index (κ2) is 5.00. The molecule has 0 aliphatic heterocycles. The van der Waals surface area contributed by atoms with Gasteiger partial charge in [-0.05, 0) is 12.5 Å². The molecule has 0 saturated heterocycles. The number of nitrogens with zero attached hydrogens (tertiary/aromatic N) is 1. The van der Waals surface area contributed by atoms with Gasteiger partial charge >= 0.3 is 6.18 Å². The lowest BCUT2D eigenvalue weighted by Gasteiger charge is -2.13. The van der Waals surface area contributed by atoms with Crippen molar-refractivity contribution in [3.63, 3.8) is 0 Å². The monoisotopic (exact) mass is 241 g/mol. The Morgan fingerprint density at radius 3 is 2.47 bits per heavy atom. The van der Waals surface area contributed by atoms with E-state index in [2.05, 4.69) is 0 Å². The number of benzene rings is 1. The normalized spacial score (nSPS) is 12.9. The van der Waals surface area contributed by atoms with Gasteiger partial charge in [-0.2, -0.15) is 18.4 Å². The number of carbonyl (C=O) groups is 1. The van der Waals surface area contributed by atoms with Crippen LogP contribution in [0.1, 0.15) is 29.3 Å². The predicted octanol–water partition coefficient (Wildman–Crippen LogP) is 3.44. The van der Waals surface area contributed by atoms with Crippen molar-refractivity contribution in [2.75, 3.05) is 0 Å². The molecule has 0 aliphatic carbocycles. The summed E-state index contributed by atoms with van der Waals surface area (Å²) >= 11 is 0. The third-order valence-electron chi connectivity index (χ3n) is 2.38. The van der Waals surface area contributed by atoms with Gasteiger partial charge in [0.05, 0.1) is 11.6 Å². The maximum atomic E-state index is 12.6. The Morgan fingerprint density at radius 2 is 2.00 bits per heavy atom. The molecule has 5 heteroatoms. The van der Waals surface area contributed by atoms with Crippen LogP contribution in [-0.2, 0) is 6.18 Å². The maximum absolute atomic E-state index is 12.6. The number of hydrogen-bond acceptors (Lipinski definition) is 2. The highest BCUT2D eigenvalue weighted by molar-refractivity contribution is 6.00. The lowest BCUT2D eigenvalue weighted by Crippen LogP contribution is -2.18. The highest BCUT2D eigenvalue weighted by Gasteiger charge is 2.35. The quantitative estimate of drug-likeness (QED) is 0.760. The molecule has 0 fully saturated rings. The van der Waals surface area contributed by atoms with Crippen LogP contribution in [0.2, 0.25) is 0 Å². The van der Waals surface area contributed by atoms with E-state index in [4.69, 9.17) is 5.26 Å². The van der Waals surface area contributed by atoms with E-state index in [-0.39, 0.29) is 6.42 Å². The summed E-state index contributed by atoms with van der Waals surface area (Å²) in [6.07, 6.45) is -4.39. The number of nitriles is 1. The molecule has 1 unspecified atom stereocenters. The average Bonchev–Trinajstić information content (AvgIpc) is 2.29. The number of Topliss-reactive ketones (excluding diaryl/α,β-unsaturated/α-hetero) is 1. The Morgan fingerprint density at radius 1 is 1.41 bits per heavy atom. The van der Waals surface area contributed by atoms with Crippen LogP contribution < -0.4 is 0 Å². The number of ketones is 1. The summed E-state index contributed by atoms with van der Waals surface area (Å²) in [5.74, 6) is -1.80. The topological polar surface area (TPSA) is 40.9 Å². The van der Waals surface area contributed by atoms with Crippen molar-refractivity contribution in [2.24, 2.45) is 5.92 Å². The zero-order chi connectivity index (χ0) is 13.1. The molecule has 0 bridgehead atoms. The van der Waals surface area contributed by atoms with E-state index in [1.807, 2.05) is 0 Å². The zero-order valence-electron chi connectivity index (χ0n) is 9.08. The van der Waals surface area contributed by atoms with E-state index >= 15 is 0 Å². The van der Waals surface area contributed by atoms with Crippen LogP contribution in [0.4, 0.5) is 13.2 Å². The molecule has 1 aromatic carbocycles. The van der Waals surface area contributed by atoms with Crippen LogP contribution in [0.3, 0.4) is 0 Å². The molecule has 1 aromatic rings. The SMILES string of the molecule is CCC(C#N)C(=O)c1ccccc1C(F)(F)F. The van der Waals surface area contributed by atoms with Gasteiger partial charge in [0.1, 0.15) is 5.92 Å². The van der Waals surface area contributed by atoms with Gasteiger partial charge in [-0.1, -0.05) is 25.1 Å². The molecule has 0 N–H and O–H groups in total. The summed E-state index contributed by atoms with van der Waals surface area (Å²) in [7, 11) is 0. The third kappa shape index (κ3) is 2.84. The van der Waals surface area contributed by atoms with Gasteiger partial charge in [-0.15, -0.1) is 0 Å². The second-order valence-electron chi connectivity index (χ2n) is 3.50. The first-order valence-electron chi connectivity index (χ1n) is 5.01. The minimum absolute atomic E-state index is 0.196. The molecule has 90 valence electrons. The van der Waals surface area contributed by atoms with Crippen molar-refractivity contribution in [2.45, 2.75) is 19.5 Å². The molecule has 0 spiro atoms. The molecule has 17 heavy (non-hydrogen) atoms. The van der Waals surface area contributed by atoms with Crippen molar-refractivity contribution in [3.8, 4) is 6.07 Å². The van der Waals surface area contributed by atoms with Crippen LogP contribution in [0.15, 0.2) is 24.3 Å². The second-order valence-corrected chi connectivity index (χ2v) is 3.50. The molecular weight excluding hydrogens is 231 g/mol. The first-order chi connectivity index (χ1) is 7.91. The Bertz CT molecular complexity index is 460. The minimum Gasteiger partial charge on any atom is -0.293 e. The molecule has 0 amide bonds. The third-order valence-corrected chi connectivity index (χ3v) is 2.38. The molecule has 1 rings (SSSR count). The lowest BCUT2D eigenvalue weighted by molar-refractivity contribution is -0.137. The van der Waals surface area contributed by atoms with E-state index in [0.717, 1.165) is 12.1 Å². The highest BCUT2D eigenvalue weighted by Crippen LogP contribution is 2.33. The molecule has 0 aliphatic rings. The van der Waals surface area contributed by atoms with Crippen LogP contribution in [0, 0.1) is 17.2 Å². The first kappa shape index (κ1) is 13.2. The van der Waals surface area contributed by atoms with Crippen molar-refractivity contribution >= 4 is 5.78 Å². The van der Waals surface area contributed by atoms with Crippen molar-refractivity contribution in [1.82, 2.24) is 0 Å². The molecule has 0 heterocycles. The molecule has 0 aromatic heterocycles. The largest absolute Gasteiger partial charge is 0.417 e. The Balaban J connectivity index is 3.24. The number of carbonyl (C=O) groups excluding carboxylic acids is 1. The Kier molecular flexibility index (Phi) is 3.89. The summed E-state index contributed by atoms with van der Waals surface area (Å²) in [4.78, 5) is 11.8. The van der Waals surface area contributed by atoms with Gasteiger partial charge in [0, 0.05) is 5.56 Å². The van der Waals surface area contributed by atoms with E-state index in [0.29, 0.717) is 0 Å². The summed E-state index contributed by atoms with van der Waals surface area (Å²) in [5.41, 5.74) is -1.42. The average molecular weight is 241 g/mol. The molecular formula is C12H10F3NO. The summed E-state index contributed by atoms with van der Waals surface area (Å²) in [6, 6.07) is 6.23. The van der Waals surface area contributed by atoms with Crippen LogP contribution in [0.5, 0.6) is 0 Å². The number of halogens is 3. The molecule has 0 saturated carbocycles. The van der Waals surface area contributed by atoms with E-state index in [9.17, 15) is 18.0 Å². The van der Waals surface area contributed by atoms with Gasteiger partial charge in [0.25, 0.3) is 0 Å². The van der Waals surface area contributed by atoms with Gasteiger partial charge < -0.3 is 0 Å². The summed E-state index contributed by atoms with van der Waals surface area (Å²) in [5, 5.41) is 8.70. The summed E-state index contributed by atoms with van der Waals surface area (Å²) < 4.78 is 37.9. The zero-order valence-corrected chi connectivity index (χ0v) is 9.08. The van der Waals surface area contributed by atoms with E-state index in [1.54, 1.807) is 13.0 Å². The molecule has 2 nitrogen and oxygen atoms in total. The number of alkyl halides is 3. The van der Waals surface area contributed by atoms with Crippen molar-refractivity contribution in [3.05, 3.63) is 35.4 Å². The van der Waals surface area contributed by atoms with E-state index < -0.39 is 29.0 Å². The molecule has 1 atom stereocenters. The Hall–Kier alpha value is -1.83. The van der Waals surface area contributed by atoms with Gasteiger partial charge in [0.2, 0.25) is 0 Å². The summed E-state index contributed by atoms with van der Waals surface area (Å²) in [6.45, 7) is 1.59. The first-order valence-corrected chi connectivity index (χ1v) is 5.01. The maximum Gasteiger partial charge on any atom is 0.417 e. The number of rotatable bonds is 3. The smallest absolute Gasteiger partial charge is 0.293 e. The standard InChI is InChI=1S/C12H10F3NO/c1-2-8(7-16)11(17)9-5-3-4-6-10(9)12(13,14)15/h3-6,8H,2H2,1H3. The van der Waals surface area contributed by atoms with Crippen molar-refractivity contribution in [1.29, 1.82) is 5.26 Å². The fraction of sp³-hybridized carbons (Fsp3) is 0.333. The highest BCUT2D eigenvalue weighted by atomic mass is 19.4.